The van der Waals surface area contributed by atoms with Crippen LogP contribution in [-0.2, 0) is 15.6 Å². The molecule has 122 valence electrons. The number of nitrogens with one attached hydrogen (secondary N) is 2. The van der Waals surface area contributed by atoms with E-state index in [1.807, 2.05) is 6.92 Å². The molecule has 21 heavy (non-hydrogen) atoms. The summed E-state index contributed by atoms with van der Waals surface area (Å²) in [5, 5.41) is 14.7. The summed E-state index contributed by atoms with van der Waals surface area (Å²) in [6, 6.07) is -0.486. The number of amides is 2. The third kappa shape index (κ3) is 5.30. The molecule has 3 N–H and O–H groups in total. The van der Waals surface area contributed by atoms with Crippen molar-refractivity contribution in [2.75, 3.05) is 18.1 Å². The summed E-state index contributed by atoms with van der Waals surface area (Å²) < 4.78 is 11.3. The Hall–Kier alpha value is -1.11. The third-order valence-electron chi connectivity index (χ3n) is 4.24. The van der Waals surface area contributed by atoms with Crippen LogP contribution in [0.1, 0.15) is 46.0 Å². The van der Waals surface area contributed by atoms with Crippen LogP contribution in [0, 0.1) is 5.92 Å². The highest BCUT2D eigenvalue weighted by Crippen LogP contribution is 2.33. The van der Waals surface area contributed by atoms with Crippen molar-refractivity contribution in [3.05, 3.63) is 0 Å². The lowest BCUT2D eigenvalue weighted by Gasteiger charge is -2.37. The topological polar surface area (TPSA) is 95.5 Å². The molecule has 1 rings (SSSR count). The molecule has 1 aliphatic rings. The summed E-state index contributed by atoms with van der Waals surface area (Å²) in [6.45, 7) is 4.22. The largest absolute Gasteiger partial charge is 0.480 e. The molecule has 0 spiro atoms. The monoisotopic (exact) mass is 318 g/mol. The predicted octanol–water partition coefficient (Wildman–Crippen LogP) is 1.48. The van der Waals surface area contributed by atoms with E-state index in [1.165, 1.54) is 0 Å². The number of aliphatic carboxylic acids is 1. The first-order chi connectivity index (χ1) is 9.93. The molecule has 1 fully saturated rings. The molecular weight excluding hydrogens is 292 g/mol. The van der Waals surface area contributed by atoms with Gasteiger partial charge in [0.2, 0.25) is 0 Å². The van der Waals surface area contributed by atoms with Crippen LogP contribution in [-0.4, -0.2) is 44.9 Å². The van der Waals surface area contributed by atoms with E-state index in [1.54, 1.807) is 0 Å². The molecule has 0 aromatic rings. The molecule has 0 heterocycles. The van der Waals surface area contributed by atoms with Crippen molar-refractivity contribution in [1.29, 1.82) is 0 Å². The van der Waals surface area contributed by atoms with E-state index in [0.29, 0.717) is 36.8 Å². The Balaban J connectivity index is 2.49. The van der Waals surface area contributed by atoms with Crippen LogP contribution in [0.15, 0.2) is 0 Å². The molecule has 0 aromatic carbocycles. The summed E-state index contributed by atoms with van der Waals surface area (Å²) in [5.74, 6) is 0.529. The van der Waals surface area contributed by atoms with Crippen LogP contribution < -0.4 is 10.6 Å². The lowest BCUT2D eigenvalue weighted by molar-refractivity contribution is -0.146. The minimum Gasteiger partial charge on any atom is -0.480 e. The molecule has 0 bridgehead atoms. The summed E-state index contributed by atoms with van der Waals surface area (Å²) in [5.41, 5.74) is -1.15. The highest BCUT2D eigenvalue weighted by molar-refractivity contribution is 7.84. The van der Waals surface area contributed by atoms with Crippen molar-refractivity contribution in [3.8, 4) is 0 Å². The SMILES string of the molecule is CCC1CCC(NC(=O)NCCS(=O)CC)(C(=O)O)CC1. The van der Waals surface area contributed by atoms with Gasteiger partial charge in [-0.2, -0.15) is 0 Å². The van der Waals surface area contributed by atoms with Gasteiger partial charge in [-0.25, -0.2) is 9.59 Å². The number of urea groups is 1. The molecule has 1 aliphatic carbocycles. The van der Waals surface area contributed by atoms with Crippen molar-refractivity contribution < 1.29 is 18.9 Å². The first kappa shape index (κ1) is 17.9. The predicted molar refractivity (Wildman–Crippen MR) is 82.7 cm³/mol. The molecular formula is C14H26N2O4S. The number of carbonyl (C=O) groups excluding carboxylic acids is 1. The van der Waals surface area contributed by atoms with Crippen LogP contribution >= 0.6 is 0 Å². The van der Waals surface area contributed by atoms with Crippen LogP contribution in [0.5, 0.6) is 0 Å². The zero-order valence-electron chi connectivity index (χ0n) is 12.8. The van der Waals surface area contributed by atoms with Crippen LogP contribution in [0.4, 0.5) is 4.79 Å². The Labute approximate surface area is 128 Å². The van der Waals surface area contributed by atoms with E-state index in [0.717, 1.165) is 19.3 Å². The van der Waals surface area contributed by atoms with Gasteiger partial charge in [0.1, 0.15) is 5.54 Å². The smallest absolute Gasteiger partial charge is 0.329 e. The number of hydrogen-bond donors (Lipinski definition) is 3. The number of rotatable bonds is 7. The molecule has 0 aromatic heterocycles. The molecule has 2 amide bonds. The number of carboxylic acids is 1. The second-order valence-electron chi connectivity index (χ2n) is 5.55. The Morgan fingerprint density at radius 1 is 1.29 bits per heavy atom. The fraction of sp³-hybridized carbons (Fsp3) is 0.857. The van der Waals surface area contributed by atoms with E-state index >= 15 is 0 Å². The zero-order chi connectivity index (χ0) is 15.9. The molecule has 0 radical (unpaired) electrons. The van der Waals surface area contributed by atoms with Crippen molar-refractivity contribution in [1.82, 2.24) is 10.6 Å². The first-order valence-corrected chi connectivity index (χ1v) is 9.06. The highest BCUT2D eigenvalue weighted by atomic mass is 32.2. The van der Waals surface area contributed by atoms with Gasteiger partial charge in [-0.15, -0.1) is 0 Å². The van der Waals surface area contributed by atoms with Gasteiger partial charge in [-0.05, 0) is 31.6 Å². The molecule has 6 nitrogen and oxygen atoms in total. The van der Waals surface area contributed by atoms with E-state index in [4.69, 9.17) is 0 Å². The van der Waals surface area contributed by atoms with E-state index < -0.39 is 28.3 Å². The first-order valence-electron chi connectivity index (χ1n) is 7.58. The average molecular weight is 318 g/mol. The van der Waals surface area contributed by atoms with Gasteiger partial charge in [-0.1, -0.05) is 20.3 Å². The van der Waals surface area contributed by atoms with Crippen LogP contribution in [0.3, 0.4) is 0 Å². The highest BCUT2D eigenvalue weighted by Gasteiger charge is 2.42. The van der Waals surface area contributed by atoms with Crippen LogP contribution in [0.25, 0.3) is 0 Å². The Morgan fingerprint density at radius 3 is 2.38 bits per heavy atom. The second kappa shape index (κ2) is 8.36. The summed E-state index contributed by atoms with van der Waals surface area (Å²) in [4.78, 5) is 23.4. The van der Waals surface area contributed by atoms with E-state index in [2.05, 4.69) is 17.6 Å². The fourth-order valence-electron chi connectivity index (χ4n) is 2.66. The zero-order valence-corrected chi connectivity index (χ0v) is 13.6. The lowest BCUT2D eigenvalue weighted by Crippen LogP contribution is -2.58. The van der Waals surface area contributed by atoms with Gasteiger partial charge in [0.25, 0.3) is 0 Å². The molecule has 7 heteroatoms. The van der Waals surface area contributed by atoms with Crippen molar-refractivity contribution >= 4 is 22.8 Å². The minimum absolute atomic E-state index is 0.291. The fourth-order valence-corrected chi connectivity index (χ4v) is 3.27. The Kier molecular flexibility index (Phi) is 7.14. The molecule has 0 aliphatic heterocycles. The van der Waals surface area contributed by atoms with Crippen molar-refractivity contribution in [2.24, 2.45) is 5.92 Å². The lowest BCUT2D eigenvalue weighted by atomic mass is 9.75. The molecule has 1 unspecified atom stereocenters. The second-order valence-corrected chi connectivity index (χ2v) is 7.42. The van der Waals surface area contributed by atoms with E-state index in [9.17, 15) is 18.9 Å². The van der Waals surface area contributed by atoms with Gasteiger partial charge in [0, 0.05) is 28.9 Å². The van der Waals surface area contributed by atoms with Gasteiger partial charge in [-0.3, -0.25) is 4.21 Å². The summed E-state index contributed by atoms with van der Waals surface area (Å²) >= 11 is 0. The normalized spacial score (nSPS) is 26.9. The van der Waals surface area contributed by atoms with Gasteiger partial charge in [0.05, 0.1) is 0 Å². The molecule has 1 atom stereocenters. The number of hydrogen-bond acceptors (Lipinski definition) is 3. The summed E-state index contributed by atoms with van der Waals surface area (Å²) in [7, 11) is -0.934. The number of carboxylic acid groups (broad SMARTS) is 1. The average Bonchev–Trinajstić information content (AvgIpc) is 2.47. The van der Waals surface area contributed by atoms with Crippen LogP contribution in [0.2, 0.25) is 0 Å². The Bertz CT molecular complexity index is 392. The summed E-state index contributed by atoms with van der Waals surface area (Å²) in [6.07, 6.45) is 3.63. The van der Waals surface area contributed by atoms with Gasteiger partial charge >= 0.3 is 12.0 Å². The standard InChI is InChI=1S/C14H26N2O4S/c1-3-11-5-7-14(8-6-11,12(17)18)16-13(19)15-9-10-21(20)4-2/h11H,3-10H2,1-2H3,(H,17,18)(H2,15,16,19). The minimum atomic E-state index is -1.15. The molecule has 1 saturated carbocycles. The maximum Gasteiger partial charge on any atom is 0.329 e. The maximum atomic E-state index is 11.9. The van der Waals surface area contributed by atoms with Gasteiger partial charge in [0.15, 0.2) is 0 Å². The van der Waals surface area contributed by atoms with Crippen molar-refractivity contribution in [3.63, 3.8) is 0 Å². The number of carbonyl (C=O) groups is 2. The van der Waals surface area contributed by atoms with Crippen molar-refractivity contribution in [2.45, 2.75) is 51.5 Å². The Morgan fingerprint density at radius 2 is 1.90 bits per heavy atom. The maximum absolute atomic E-state index is 11.9. The van der Waals surface area contributed by atoms with Gasteiger partial charge < -0.3 is 15.7 Å². The van der Waals surface area contributed by atoms with E-state index in [-0.39, 0.29) is 0 Å². The quantitative estimate of drug-likeness (QED) is 0.662. The molecule has 0 saturated heterocycles. The third-order valence-corrected chi connectivity index (χ3v) is 5.54.